The van der Waals surface area contributed by atoms with Gasteiger partial charge in [-0.25, -0.2) is 4.79 Å². The second-order valence-corrected chi connectivity index (χ2v) is 9.59. The highest BCUT2D eigenvalue weighted by atomic mass is 35.5. The summed E-state index contributed by atoms with van der Waals surface area (Å²) >= 11 is 6.01. The molecule has 4 aromatic rings. The normalized spacial score (nSPS) is 12.9. The quantitative estimate of drug-likeness (QED) is 0.143. The Morgan fingerprint density at radius 3 is 2.41 bits per heavy atom. The maximum Gasteiger partial charge on any atom is 0.344 e. The Labute approximate surface area is 256 Å². The lowest BCUT2D eigenvalue weighted by Gasteiger charge is -2.19. The van der Waals surface area contributed by atoms with E-state index in [-0.39, 0.29) is 44.0 Å². The third-order valence-corrected chi connectivity index (χ3v) is 6.52. The first-order chi connectivity index (χ1) is 18.9. The van der Waals surface area contributed by atoms with E-state index in [9.17, 15) is 20.1 Å². The predicted octanol–water partition coefficient (Wildman–Crippen LogP) is 5.99. The molecule has 4 rings (SSSR count). The molecule has 0 bridgehead atoms. The van der Waals surface area contributed by atoms with Crippen LogP contribution in [0.5, 0.6) is 17.2 Å². The summed E-state index contributed by atoms with van der Waals surface area (Å²) in [7, 11) is 0. The fourth-order valence-electron chi connectivity index (χ4n) is 4.15. The molecule has 4 N–H and O–H groups in total. The summed E-state index contributed by atoms with van der Waals surface area (Å²) in [6.45, 7) is 1.95. The van der Waals surface area contributed by atoms with Crippen LogP contribution in [0.1, 0.15) is 30.6 Å². The number of pyridine rings is 1. The van der Waals surface area contributed by atoms with Crippen LogP contribution in [0.25, 0.3) is 10.9 Å². The molecule has 0 saturated heterocycles. The number of carboxylic acids is 1. The summed E-state index contributed by atoms with van der Waals surface area (Å²) in [5.74, 6) is 0.656. The number of ether oxygens (including phenoxy) is 2. The number of aromatic nitrogens is 1. The fraction of sp³-hybridized carbons (Fsp3) is 0.267. The molecule has 0 aliphatic rings. The number of hydrogen-bond donors (Lipinski definition) is 4. The third kappa shape index (κ3) is 9.46. The number of carboxylic acid groups (broad SMARTS) is 1. The Bertz CT molecular complexity index is 1410. The zero-order valence-corrected chi connectivity index (χ0v) is 24.7. The Kier molecular flexibility index (Phi) is 13.6. The van der Waals surface area contributed by atoms with E-state index >= 15 is 0 Å². The molecule has 0 fully saturated rings. The number of aliphatic hydroxyl groups excluding tert-OH is 2. The molecule has 0 saturated carbocycles. The van der Waals surface area contributed by atoms with Crippen molar-refractivity contribution in [3.05, 3.63) is 95.1 Å². The van der Waals surface area contributed by atoms with Gasteiger partial charge in [-0.1, -0.05) is 42.8 Å². The van der Waals surface area contributed by atoms with Crippen LogP contribution >= 0.6 is 36.4 Å². The highest BCUT2D eigenvalue weighted by Gasteiger charge is 2.17. The Hall–Kier alpha value is -3.11. The van der Waals surface area contributed by atoms with Gasteiger partial charge in [-0.05, 0) is 66.4 Å². The number of halogens is 3. The maximum atomic E-state index is 11.3. The number of fused-ring (bicyclic) bond motifs is 1. The van der Waals surface area contributed by atoms with Gasteiger partial charge in [-0.15, -0.1) is 24.8 Å². The summed E-state index contributed by atoms with van der Waals surface area (Å²) < 4.78 is 11.7. The van der Waals surface area contributed by atoms with Gasteiger partial charge in [0.2, 0.25) is 0 Å². The molecule has 0 spiro atoms. The minimum absolute atomic E-state index is 0. The number of aliphatic carboxylic acids is 1. The monoisotopic (exact) mass is 622 g/mol. The predicted molar refractivity (Wildman–Crippen MR) is 164 cm³/mol. The van der Waals surface area contributed by atoms with E-state index in [1.165, 1.54) is 0 Å². The third-order valence-electron chi connectivity index (χ3n) is 6.29. The minimum atomic E-state index is -1.01. The summed E-state index contributed by atoms with van der Waals surface area (Å²) in [5.41, 5.74) is 2.33. The molecule has 3 aromatic carbocycles. The van der Waals surface area contributed by atoms with Crippen molar-refractivity contribution in [2.45, 2.75) is 38.0 Å². The van der Waals surface area contributed by atoms with E-state index in [1.807, 2.05) is 30.3 Å². The highest BCUT2D eigenvalue weighted by Crippen LogP contribution is 2.31. The second kappa shape index (κ2) is 16.4. The number of rotatable bonds is 13. The summed E-state index contributed by atoms with van der Waals surface area (Å²) in [6, 6.07) is 21.4. The van der Waals surface area contributed by atoms with E-state index in [2.05, 4.69) is 10.3 Å². The van der Waals surface area contributed by atoms with Crippen molar-refractivity contribution in [2.24, 2.45) is 0 Å². The van der Waals surface area contributed by atoms with Gasteiger partial charge in [0.25, 0.3) is 0 Å². The zero-order chi connectivity index (χ0) is 27.8. The van der Waals surface area contributed by atoms with Gasteiger partial charge in [0, 0.05) is 35.3 Å². The van der Waals surface area contributed by atoms with E-state index in [0.29, 0.717) is 46.2 Å². The van der Waals surface area contributed by atoms with Gasteiger partial charge in [0.1, 0.15) is 17.2 Å². The Morgan fingerprint density at radius 2 is 1.76 bits per heavy atom. The van der Waals surface area contributed by atoms with Crippen LogP contribution < -0.4 is 14.8 Å². The van der Waals surface area contributed by atoms with Crippen LogP contribution in [-0.2, 0) is 11.2 Å². The molecule has 0 radical (unpaired) electrons. The van der Waals surface area contributed by atoms with Crippen LogP contribution in [0.2, 0.25) is 5.02 Å². The van der Waals surface area contributed by atoms with E-state index in [4.69, 9.17) is 21.1 Å². The Balaban J connectivity index is 0.00000294. The van der Waals surface area contributed by atoms with Gasteiger partial charge in [-0.2, -0.15) is 0 Å². The van der Waals surface area contributed by atoms with Crippen LogP contribution in [0.15, 0.2) is 79.0 Å². The number of nitrogens with one attached hydrogen (secondary N) is 1. The van der Waals surface area contributed by atoms with Crippen molar-refractivity contribution in [3.63, 3.8) is 0 Å². The molecule has 41 heavy (non-hydrogen) atoms. The number of nitrogens with zero attached hydrogens (tertiary/aromatic N) is 1. The van der Waals surface area contributed by atoms with Crippen LogP contribution in [0, 0.1) is 0 Å². The van der Waals surface area contributed by atoms with Crippen LogP contribution in [-0.4, -0.2) is 51.6 Å². The molecule has 0 aliphatic heterocycles. The lowest BCUT2D eigenvalue weighted by molar-refractivity contribution is -0.145. The number of benzene rings is 3. The van der Waals surface area contributed by atoms with Crippen LogP contribution in [0.3, 0.4) is 0 Å². The molecular weight excluding hydrogens is 591 g/mol. The van der Waals surface area contributed by atoms with Crippen molar-refractivity contribution in [1.82, 2.24) is 10.3 Å². The highest BCUT2D eigenvalue weighted by molar-refractivity contribution is 6.30. The standard InChI is InChI=1S/C30H31ClN2O6.2ClH/c1-2-28(30(36)37)39-24-10-11-25-26(16-24)32-13-12-29(25)38-23-8-6-19(7-9-23)14-22(18-34)33-17-27(35)20-4-3-5-21(31)15-20;;/h3-13,15-16,22,27-28,33-35H,2,14,17-18H2,1H3,(H,36,37);2*1H/t22-,27+,28?;;/m0../s1. The molecule has 3 atom stereocenters. The fourth-order valence-corrected chi connectivity index (χ4v) is 4.35. The zero-order valence-electron chi connectivity index (χ0n) is 22.3. The second-order valence-electron chi connectivity index (χ2n) is 9.15. The average Bonchev–Trinajstić information content (AvgIpc) is 2.94. The van der Waals surface area contributed by atoms with Crippen molar-refractivity contribution in [1.29, 1.82) is 0 Å². The molecule has 1 unspecified atom stereocenters. The van der Waals surface area contributed by atoms with Gasteiger partial charge < -0.3 is 30.1 Å². The summed E-state index contributed by atoms with van der Waals surface area (Å²) in [6.07, 6.45) is 0.875. The van der Waals surface area contributed by atoms with Crippen molar-refractivity contribution < 1.29 is 29.6 Å². The van der Waals surface area contributed by atoms with Crippen molar-refractivity contribution in [2.75, 3.05) is 13.2 Å². The molecule has 1 aromatic heterocycles. The lowest BCUT2D eigenvalue weighted by Crippen LogP contribution is -2.37. The molecular formula is C30H33Cl3N2O6. The number of hydrogen-bond acceptors (Lipinski definition) is 7. The van der Waals surface area contributed by atoms with Crippen molar-refractivity contribution >= 4 is 53.3 Å². The molecule has 220 valence electrons. The van der Waals surface area contributed by atoms with Crippen molar-refractivity contribution in [3.8, 4) is 17.2 Å². The Morgan fingerprint density at radius 1 is 1.02 bits per heavy atom. The minimum Gasteiger partial charge on any atom is -0.479 e. The molecule has 1 heterocycles. The topological polar surface area (TPSA) is 121 Å². The average molecular weight is 624 g/mol. The summed E-state index contributed by atoms with van der Waals surface area (Å²) in [4.78, 5) is 15.7. The lowest BCUT2D eigenvalue weighted by atomic mass is 10.0. The van der Waals surface area contributed by atoms with Crippen LogP contribution in [0.4, 0.5) is 0 Å². The number of carbonyl (C=O) groups is 1. The first-order valence-electron chi connectivity index (χ1n) is 12.7. The summed E-state index contributed by atoms with van der Waals surface area (Å²) in [5, 5.41) is 34.1. The SMILES string of the molecule is CCC(Oc1ccc2c(Oc3ccc(C[C@@H](CO)NC[C@@H](O)c4cccc(Cl)c4)cc3)ccnc2c1)C(=O)O.Cl.Cl. The van der Waals surface area contributed by atoms with Gasteiger partial charge in [0.05, 0.1) is 18.2 Å². The first-order valence-corrected chi connectivity index (χ1v) is 13.1. The molecule has 0 aliphatic carbocycles. The first kappa shape index (κ1) is 34.1. The molecule has 8 nitrogen and oxygen atoms in total. The molecule has 0 amide bonds. The van der Waals surface area contributed by atoms with Gasteiger partial charge >= 0.3 is 5.97 Å². The smallest absolute Gasteiger partial charge is 0.344 e. The number of aliphatic hydroxyl groups is 2. The van der Waals surface area contributed by atoms with Gasteiger partial charge in [0.15, 0.2) is 6.10 Å². The maximum absolute atomic E-state index is 11.3. The van der Waals surface area contributed by atoms with E-state index in [0.717, 1.165) is 10.9 Å². The molecule has 11 heteroatoms. The largest absolute Gasteiger partial charge is 0.479 e. The van der Waals surface area contributed by atoms with E-state index in [1.54, 1.807) is 55.6 Å². The van der Waals surface area contributed by atoms with E-state index < -0.39 is 18.2 Å². The van der Waals surface area contributed by atoms with Gasteiger partial charge in [-0.3, -0.25) is 4.98 Å².